The van der Waals surface area contributed by atoms with E-state index >= 15 is 0 Å². The van der Waals surface area contributed by atoms with Crippen LogP contribution in [0.3, 0.4) is 0 Å². The molecule has 1 fully saturated rings. The minimum absolute atomic E-state index is 0.0406. The van der Waals surface area contributed by atoms with Crippen LogP contribution in [0.25, 0.3) is 0 Å². The number of aliphatic hydroxyl groups excluding tert-OH is 1. The van der Waals surface area contributed by atoms with Gasteiger partial charge in [-0.3, -0.25) is 0 Å². The van der Waals surface area contributed by atoms with Crippen molar-refractivity contribution in [2.75, 3.05) is 13.2 Å². The molecule has 1 saturated carbocycles. The molecule has 1 aromatic carbocycles. The zero-order chi connectivity index (χ0) is 12.5. The molecule has 0 spiro atoms. The van der Waals surface area contributed by atoms with E-state index in [-0.39, 0.29) is 31.1 Å². The van der Waals surface area contributed by atoms with Gasteiger partial charge in [0.2, 0.25) is 0 Å². The zero-order valence-electron chi connectivity index (χ0n) is 9.63. The average Bonchev–Trinajstić information content (AvgIpc) is 3.14. The zero-order valence-corrected chi connectivity index (χ0v) is 9.63. The van der Waals surface area contributed by atoms with E-state index in [9.17, 15) is 13.9 Å². The summed E-state index contributed by atoms with van der Waals surface area (Å²) in [6, 6.07) is 3.82. The summed E-state index contributed by atoms with van der Waals surface area (Å²) in [5.74, 6) is -0.828. The van der Waals surface area contributed by atoms with Crippen LogP contribution >= 0.6 is 0 Å². The molecule has 0 radical (unpaired) electrons. The Balaban J connectivity index is 2.29. The lowest BCUT2D eigenvalue weighted by atomic mass is 9.77. The van der Waals surface area contributed by atoms with E-state index in [1.807, 2.05) is 0 Å². The van der Waals surface area contributed by atoms with E-state index in [0.717, 1.165) is 12.8 Å². The van der Waals surface area contributed by atoms with Crippen LogP contribution in [0.4, 0.5) is 8.78 Å². The van der Waals surface area contributed by atoms with Crippen LogP contribution in [-0.4, -0.2) is 18.3 Å². The summed E-state index contributed by atoms with van der Waals surface area (Å²) in [5, 5.41) is 9.51. The molecule has 3 N–H and O–H groups in total. The Bertz CT molecular complexity index is 380. The predicted octanol–water partition coefficient (Wildman–Crippen LogP) is 1.85. The highest BCUT2D eigenvalue weighted by Crippen LogP contribution is 2.47. The van der Waals surface area contributed by atoms with E-state index in [2.05, 4.69) is 0 Å². The first-order valence-corrected chi connectivity index (χ1v) is 5.87. The molecule has 1 aliphatic rings. The Kier molecular flexibility index (Phi) is 3.45. The van der Waals surface area contributed by atoms with Crippen molar-refractivity contribution in [2.24, 2.45) is 17.1 Å². The second-order valence-electron chi connectivity index (χ2n) is 4.88. The lowest BCUT2D eigenvalue weighted by molar-refractivity contribution is 0.107. The van der Waals surface area contributed by atoms with Gasteiger partial charge in [0.05, 0.1) is 6.61 Å². The predicted molar refractivity (Wildman–Crippen MR) is 61.4 cm³/mol. The number of aliphatic hydroxyl groups is 1. The number of benzene rings is 1. The van der Waals surface area contributed by atoms with Crippen LogP contribution in [0.15, 0.2) is 18.2 Å². The highest BCUT2D eigenvalue weighted by molar-refractivity contribution is 5.22. The number of hydrogen-bond acceptors (Lipinski definition) is 2. The van der Waals surface area contributed by atoms with Gasteiger partial charge in [-0.25, -0.2) is 8.78 Å². The van der Waals surface area contributed by atoms with Gasteiger partial charge >= 0.3 is 0 Å². The number of nitrogens with two attached hydrogens (primary N) is 1. The lowest BCUT2D eigenvalue weighted by Gasteiger charge is -2.31. The van der Waals surface area contributed by atoms with Gasteiger partial charge in [-0.05, 0) is 37.3 Å². The molecule has 4 heteroatoms. The van der Waals surface area contributed by atoms with Crippen LogP contribution in [-0.2, 0) is 6.42 Å². The summed E-state index contributed by atoms with van der Waals surface area (Å²) in [4.78, 5) is 0. The summed E-state index contributed by atoms with van der Waals surface area (Å²) < 4.78 is 27.1. The second kappa shape index (κ2) is 4.70. The molecule has 17 heavy (non-hydrogen) atoms. The normalized spacial score (nSPS) is 19.1. The first kappa shape index (κ1) is 12.5. The Labute approximate surface area is 99.4 Å². The molecule has 1 unspecified atom stereocenters. The van der Waals surface area contributed by atoms with Crippen molar-refractivity contribution < 1.29 is 13.9 Å². The second-order valence-corrected chi connectivity index (χ2v) is 4.88. The van der Waals surface area contributed by atoms with E-state index in [0.29, 0.717) is 0 Å². The minimum Gasteiger partial charge on any atom is -0.396 e. The van der Waals surface area contributed by atoms with E-state index in [1.54, 1.807) is 0 Å². The molecule has 0 heterocycles. The average molecular weight is 241 g/mol. The Morgan fingerprint density at radius 3 is 2.29 bits per heavy atom. The maximum absolute atomic E-state index is 13.6. The number of hydrogen-bond donors (Lipinski definition) is 2. The molecule has 0 saturated heterocycles. The van der Waals surface area contributed by atoms with Crippen LogP contribution < -0.4 is 5.73 Å². The fourth-order valence-electron chi connectivity index (χ4n) is 2.38. The largest absolute Gasteiger partial charge is 0.396 e. The molecule has 1 atom stereocenters. The van der Waals surface area contributed by atoms with E-state index < -0.39 is 17.0 Å². The molecule has 2 nitrogen and oxygen atoms in total. The fraction of sp³-hybridized carbons (Fsp3) is 0.538. The van der Waals surface area contributed by atoms with Gasteiger partial charge in [0.25, 0.3) is 0 Å². The maximum atomic E-state index is 13.6. The van der Waals surface area contributed by atoms with Crippen LogP contribution in [0, 0.1) is 23.0 Å². The summed E-state index contributed by atoms with van der Waals surface area (Å²) in [5.41, 5.74) is 5.18. The summed E-state index contributed by atoms with van der Waals surface area (Å²) in [6.07, 6.45) is 2.13. The molecular weight excluding hydrogens is 224 g/mol. The standard InChI is InChI=1S/C13H17F2NO/c14-11-2-1-3-12(15)10(11)6-13(7-16,8-17)9-4-5-9/h1-3,9,17H,4-8,16H2. The van der Waals surface area contributed by atoms with Gasteiger partial charge in [-0.1, -0.05) is 6.07 Å². The number of rotatable bonds is 5. The summed E-state index contributed by atoms with van der Waals surface area (Å²) in [7, 11) is 0. The van der Waals surface area contributed by atoms with Crippen LogP contribution in [0.2, 0.25) is 0 Å². The third-order valence-electron chi connectivity index (χ3n) is 3.76. The highest BCUT2D eigenvalue weighted by atomic mass is 19.1. The van der Waals surface area contributed by atoms with Crippen LogP contribution in [0.5, 0.6) is 0 Å². The molecule has 0 aromatic heterocycles. The van der Waals surface area contributed by atoms with Crippen molar-refractivity contribution in [3.63, 3.8) is 0 Å². The SMILES string of the molecule is NCC(CO)(Cc1c(F)cccc1F)C1CC1. The number of halogens is 2. The van der Waals surface area contributed by atoms with Gasteiger partial charge in [0, 0.05) is 17.5 Å². The first-order chi connectivity index (χ1) is 8.13. The first-order valence-electron chi connectivity index (χ1n) is 5.87. The monoisotopic (exact) mass is 241 g/mol. The van der Waals surface area contributed by atoms with Crippen molar-refractivity contribution in [3.8, 4) is 0 Å². The third-order valence-corrected chi connectivity index (χ3v) is 3.76. The fourth-order valence-corrected chi connectivity index (χ4v) is 2.38. The molecular formula is C13H17F2NO. The lowest BCUT2D eigenvalue weighted by Crippen LogP contribution is -2.39. The Hall–Kier alpha value is -1.00. The molecule has 94 valence electrons. The minimum atomic E-state index is -0.566. The van der Waals surface area contributed by atoms with Crippen LogP contribution in [0.1, 0.15) is 18.4 Å². The van der Waals surface area contributed by atoms with Crippen molar-refractivity contribution in [2.45, 2.75) is 19.3 Å². The van der Waals surface area contributed by atoms with Gasteiger partial charge in [-0.15, -0.1) is 0 Å². The molecule has 0 aliphatic heterocycles. The molecule has 1 aromatic rings. The molecule has 0 amide bonds. The summed E-state index contributed by atoms with van der Waals surface area (Å²) >= 11 is 0. The van der Waals surface area contributed by atoms with Gasteiger partial charge < -0.3 is 10.8 Å². The maximum Gasteiger partial charge on any atom is 0.129 e. The van der Waals surface area contributed by atoms with Gasteiger partial charge in [-0.2, -0.15) is 0 Å². The van der Waals surface area contributed by atoms with E-state index in [1.165, 1.54) is 18.2 Å². The Morgan fingerprint density at radius 1 is 1.29 bits per heavy atom. The molecule has 0 bridgehead atoms. The van der Waals surface area contributed by atoms with Crippen molar-refractivity contribution in [1.82, 2.24) is 0 Å². The van der Waals surface area contributed by atoms with Gasteiger partial charge in [0.15, 0.2) is 0 Å². The van der Waals surface area contributed by atoms with Crippen molar-refractivity contribution in [3.05, 3.63) is 35.4 Å². The topological polar surface area (TPSA) is 46.2 Å². The Morgan fingerprint density at radius 2 is 1.88 bits per heavy atom. The highest BCUT2D eigenvalue weighted by Gasteiger charge is 2.44. The summed E-state index contributed by atoms with van der Waals surface area (Å²) in [6.45, 7) is 0.129. The van der Waals surface area contributed by atoms with Crippen molar-refractivity contribution in [1.29, 1.82) is 0 Å². The molecule has 2 rings (SSSR count). The van der Waals surface area contributed by atoms with Gasteiger partial charge in [0.1, 0.15) is 11.6 Å². The third kappa shape index (κ3) is 2.33. The van der Waals surface area contributed by atoms with E-state index in [4.69, 9.17) is 5.73 Å². The molecule has 1 aliphatic carbocycles. The van der Waals surface area contributed by atoms with Crippen molar-refractivity contribution >= 4 is 0 Å². The smallest absolute Gasteiger partial charge is 0.129 e. The quantitative estimate of drug-likeness (QED) is 0.826.